The highest BCUT2D eigenvalue weighted by molar-refractivity contribution is 6.31. The number of benzene rings is 1. The predicted molar refractivity (Wildman–Crippen MR) is 96.0 cm³/mol. The Kier molecular flexibility index (Phi) is 3.11. The Morgan fingerprint density at radius 1 is 1.21 bits per heavy atom. The Morgan fingerprint density at radius 2 is 2.04 bits per heavy atom. The zero-order valence-corrected chi connectivity index (χ0v) is 14.1. The van der Waals surface area contributed by atoms with Gasteiger partial charge in [0.25, 0.3) is 0 Å². The topological polar surface area (TPSA) is 66.2 Å². The Labute approximate surface area is 144 Å². The molecule has 0 amide bonds. The van der Waals surface area contributed by atoms with Crippen molar-refractivity contribution >= 4 is 45.4 Å². The van der Waals surface area contributed by atoms with E-state index < -0.39 is 0 Å². The molecule has 3 aromatic rings. The predicted octanol–water partition coefficient (Wildman–Crippen LogP) is 3.01. The van der Waals surface area contributed by atoms with Crippen LogP contribution in [0, 0.1) is 0 Å². The number of likely N-dealkylation sites (N-methyl/N-ethyl adjacent to an activating group) is 1. The standard InChI is InChI=1S/C17H18ClN5O/c1-19-11-7-23(8-11)16-15-14(21-17(22-16)20-10-3-4-10)12-6-9(18)2-5-13(12)24-15/h2,5-6,10-11,19H,3-4,7-8H2,1H3,(H,20,21,22). The quantitative estimate of drug-likeness (QED) is 0.759. The van der Waals surface area contributed by atoms with Crippen molar-refractivity contribution < 1.29 is 4.42 Å². The van der Waals surface area contributed by atoms with Gasteiger partial charge in [-0.3, -0.25) is 0 Å². The molecule has 1 saturated heterocycles. The van der Waals surface area contributed by atoms with Crippen molar-refractivity contribution in [3.8, 4) is 0 Å². The summed E-state index contributed by atoms with van der Waals surface area (Å²) in [5.41, 5.74) is 2.36. The second-order valence-electron chi connectivity index (χ2n) is 6.60. The SMILES string of the molecule is CNC1CN(c2nc(NC3CC3)nc3c2oc2ccc(Cl)cc23)C1. The number of nitrogens with one attached hydrogen (secondary N) is 2. The van der Waals surface area contributed by atoms with Crippen LogP contribution in [0.2, 0.25) is 5.02 Å². The van der Waals surface area contributed by atoms with Gasteiger partial charge < -0.3 is 20.0 Å². The highest BCUT2D eigenvalue weighted by atomic mass is 35.5. The van der Waals surface area contributed by atoms with Crippen molar-refractivity contribution in [2.24, 2.45) is 0 Å². The first-order valence-corrected chi connectivity index (χ1v) is 8.67. The summed E-state index contributed by atoms with van der Waals surface area (Å²) in [6.07, 6.45) is 2.36. The molecule has 7 heteroatoms. The van der Waals surface area contributed by atoms with Crippen LogP contribution < -0.4 is 15.5 Å². The third-order valence-electron chi connectivity index (χ3n) is 4.76. The number of anilines is 2. The van der Waals surface area contributed by atoms with Crippen molar-refractivity contribution in [2.45, 2.75) is 24.9 Å². The number of rotatable bonds is 4. The molecule has 124 valence electrons. The summed E-state index contributed by atoms with van der Waals surface area (Å²) in [7, 11) is 1.99. The van der Waals surface area contributed by atoms with Crippen LogP contribution in [0.15, 0.2) is 22.6 Å². The molecule has 2 aromatic heterocycles. The maximum Gasteiger partial charge on any atom is 0.225 e. The van der Waals surface area contributed by atoms with Crippen LogP contribution in [0.25, 0.3) is 22.1 Å². The van der Waals surface area contributed by atoms with Gasteiger partial charge in [-0.1, -0.05) is 11.6 Å². The van der Waals surface area contributed by atoms with Crippen molar-refractivity contribution in [2.75, 3.05) is 30.4 Å². The molecule has 1 aromatic carbocycles. The fraction of sp³-hybridized carbons (Fsp3) is 0.412. The fourth-order valence-corrected chi connectivity index (χ4v) is 3.30. The van der Waals surface area contributed by atoms with Gasteiger partial charge in [-0.15, -0.1) is 0 Å². The van der Waals surface area contributed by atoms with E-state index in [4.69, 9.17) is 26.0 Å². The number of aromatic nitrogens is 2. The molecule has 5 rings (SSSR count). The van der Waals surface area contributed by atoms with Gasteiger partial charge in [0.15, 0.2) is 11.4 Å². The Balaban J connectivity index is 1.68. The first-order valence-electron chi connectivity index (χ1n) is 8.30. The van der Waals surface area contributed by atoms with Crippen LogP contribution in [0.3, 0.4) is 0 Å². The van der Waals surface area contributed by atoms with Crippen LogP contribution in [-0.2, 0) is 0 Å². The van der Waals surface area contributed by atoms with E-state index in [-0.39, 0.29) is 0 Å². The van der Waals surface area contributed by atoms with Crippen molar-refractivity contribution in [1.82, 2.24) is 15.3 Å². The van der Waals surface area contributed by atoms with Crippen molar-refractivity contribution in [1.29, 1.82) is 0 Å². The first kappa shape index (κ1) is 14.3. The smallest absolute Gasteiger partial charge is 0.225 e. The molecule has 1 aliphatic heterocycles. The maximum absolute atomic E-state index is 6.17. The third kappa shape index (κ3) is 2.29. The van der Waals surface area contributed by atoms with Gasteiger partial charge in [0.2, 0.25) is 5.95 Å². The summed E-state index contributed by atoms with van der Waals surface area (Å²) >= 11 is 6.17. The lowest BCUT2D eigenvalue weighted by Crippen LogP contribution is -2.57. The van der Waals surface area contributed by atoms with Crippen molar-refractivity contribution in [3.63, 3.8) is 0 Å². The van der Waals surface area contributed by atoms with E-state index in [1.165, 1.54) is 12.8 Å². The molecule has 0 radical (unpaired) electrons. The number of hydrogen-bond acceptors (Lipinski definition) is 6. The average molecular weight is 344 g/mol. The van der Waals surface area contributed by atoms with Crippen LogP contribution in [0.1, 0.15) is 12.8 Å². The molecular formula is C17H18ClN5O. The minimum absolute atomic E-state index is 0.494. The molecule has 0 unspecified atom stereocenters. The lowest BCUT2D eigenvalue weighted by molar-refractivity contribution is 0.446. The summed E-state index contributed by atoms with van der Waals surface area (Å²) < 4.78 is 6.07. The van der Waals surface area contributed by atoms with Gasteiger partial charge >= 0.3 is 0 Å². The molecular weight excluding hydrogens is 326 g/mol. The summed E-state index contributed by atoms with van der Waals surface area (Å²) in [6.45, 7) is 1.84. The van der Waals surface area contributed by atoms with Gasteiger partial charge in [0, 0.05) is 35.6 Å². The van der Waals surface area contributed by atoms with Gasteiger partial charge in [0.05, 0.1) is 0 Å². The van der Waals surface area contributed by atoms with E-state index in [1.807, 2.05) is 25.2 Å². The number of halogens is 1. The summed E-state index contributed by atoms with van der Waals surface area (Å²) in [6, 6.07) is 6.63. The lowest BCUT2D eigenvalue weighted by atomic mass is 10.1. The van der Waals surface area contributed by atoms with Gasteiger partial charge in [-0.05, 0) is 38.1 Å². The number of fused-ring (bicyclic) bond motifs is 3. The number of hydrogen-bond donors (Lipinski definition) is 2. The molecule has 0 spiro atoms. The Bertz CT molecular complexity index is 930. The highest BCUT2D eigenvalue weighted by Gasteiger charge is 2.31. The fourth-order valence-electron chi connectivity index (χ4n) is 3.12. The monoisotopic (exact) mass is 343 g/mol. The molecule has 2 N–H and O–H groups in total. The lowest BCUT2D eigenvalue weighted by Gasteiger charge is -2.39. The molecule has 0 atom stereocenters. The van der Waals surface area contributed by atoms with Crippen LogP contribution in [0.4, 0.5) is 11.8 Å². The minimum Gasteiger partial charge on any atom is -0.450 e. The van der Waals surface area contributed by atoms with E-state index in [0.29, 0.717) is 23.1 Å². The summed E-state index contributed by atoms with van der Waals surface area (Å²) in [4.78, 5) is 11.7. The summed E-state index contributed by atoms with van der Waals surface area (Å²) in [5, 5.41) is 8.32. The van der Waals surface area contributed by atoms with Crippen LogP contribution >= 0.6 is 11.6 Å². The molecule has 2 aliphatic rings. The molecule has 1 aliphatic carbocycles. The molecule has 0 bridgehead atoms. The first-order chi connectivity index (χ1) is 11.7. The normalized spacial score (nSPS) is 18.3. The zero-order valence-electron chi connectivity index (χ0n) is 13.3. The number of furan rings is 1. The van der Waals surface area contributed by atoms with Crippen LogP contribution in [0.5, 0.6) is 0 Å². The molecule has 2 fully saturated rings. The molecule has 1 saturated carbocycles. The molecule has 6 nitrogen and oxygen atoms in total. The highest BCUT2D eigenvalue weighted by Crippen LogP contribution is 2.37. The second kappa shape index (κ2) is 5.22. The second-order valence-corrected chi connectivity index (χ2v) is 7.04. The Hall–Kier alpha value is -2.05. The minimum atomic E-state index is 0.494. The largest absolute Gasteiger partial charge is 0.450 e. The van der Waals surface area contributed by atoms with E-state index >= 15 is 0 Å². The van der Waals surface area contributed by atoms with E-state index in [2.05, 4.69) is 15.5 Å². The zero-order chi connectivity index (χ0) is 16.3. The van der Waals surface area contributed by atoms with E-state index in [1.54, 1.807) is 0 Å². The van der Waals surface area contributed by atoms with Crippen LogP contribution in [-0.4, -0.2) is 42.2 Å². The maximum atomic E-state index is 6.17. The summed E-state index contributed by atoms with van der Waals surface area (Å²) in [5.74, 6) is 1.54. The molecule has 24 heavy (non-hydrogen) atoms. The van der Waals surface area contributed by atoms with Gasteiger partial charge in [0.1, 0.15) is 11.1 Å². The van der Waals surface area contributed by atoms with E-state index in [9.17, 15) is 0 Å². The van der Waals surface area contributed by atoms with E-state index in [0.717, 1.165) is 41.0 Å². The molecule has 3 heterocycles. The Morgan fingerprint density at radius 3 is 2.79 bits per heavy atom. The van der Waals surface area contributed by atoms with Gasteiger partial charge in [-0.2, -0.15) is 4.98 Å². The van der Waals surface area contributed by atoms with Gasteiger partial charge in [-0.25, -0.2) is 4.98 Å². The number of nitrogens with zero attached hydrogens (tertiary/aromatic N) is 3. The average Bonchev–Trinajstić information content (AvgIpc) is 3.26. The van der Waals surface area contributed by atoms with Crippen molar-refractivity contribution in [3.05, 3.63) is 23.2 Å². The third-order valence-corrected chi connectivity index (χ3v) is 4.99.